The van der Waals surface area contributed by atoms with E-state index in [1.54, 1.807) is 7.11 Å². The van der Waals surface area contributed by atoms with Crippen molar-refractivity contribution in [3.63, 3.8) is 0 Å². The van der Waals surface area contributed by atoms with Crippen LogP contribution in [0.5, 0.6) is 5.75 Å². The molecule has 2 heteroatoms. The van der Waals surface area contributed by atoms with Gasteiger partial charge in [0.05, 0.1) is 7.11 Å². The lowest BCUT2D eigenvalue weighted by Gasteiger charge is -2.10. The predicted molar refractivity (Wildman–Crippen MR) is 80.2 cm³/mol. The summed E-state index contributed by atoms with van der Waals surface area (Å²) in [5.41, 5.74) is 2.59. The first-order valence-corrected chi connectivity index (χ1v) is 7.16. The van der Waals surface area contributed by atoms with Gasteiger partial charge in [-0.3, -0.25) is 0 Å². The van der Waals surface area contributed by atoms with Crippen molar-refractivity contribution in [1.82, 2.24) is 4.57 Å². The first-order chi connectivity index (χ1) is 9.35. The first-order valence-electron chi connectivity index (χ1n) is 7.16. The molecule has 0 saturated carbocycles. The van der Waals surface area contributed by atoms with Crippen molar-refractivity contribution in [3.05, 3.63) is 48.3 Å². The largest absolute Gasteiger partial charge is 0.497 e. The van der Waals surface area contributed by atoms with Crippen LogP contribution >= 0.6 is 0 Å². The lowest BCUT2D eigenvalue weighted by atomic mass is 10.1. The van der Waals surface area contributed by atoms with Crippen LogP contribution < -0.4 is 4.74 Å². The third-order valence-corrected chi connectivity index (χ3v) is 3.47. The fraction of sp³-hybridized carbons (Fsp3) is 0.412. The van der Waals surface area contributed by atoms with Crippen LogP contribution in [0.15, 0.2) is 42.6 Å². The van der Waals surface area contributed by atoms with Crippen molar-refractivity contribution in [2.75, 3.05) is 7.11 Å². The van der Waals surface area contributed by atoms with Crippen LogP contribution in [0.1, 0.15) is 38.3 Å². The second-order valence-corrected chi connectivity index (χ2v) is 4.88. The summed E-state index contributed by atoms with van der Waals surface area (Å²) >= 11 is 0. The zero-order valence-corrected chi connectivity index (χ0v) is 11.9. The smallest absolute Gasteiger partial charge is 0.119 e. The SMILES string of the molecule is CCCCCCc1cccn1-c1ccc(OC)cc1. The Morgan fingerprint density at radius 1 is 1.00 bits per heavy atom. The van der Waals surface area contributed by atoms with Crippen molar-refractivity contribution < 1.29 is 4.74 Å². The van der Waals surface area contributed by atoms with E-state index in [0.29, 0.717) is 0 Å². The summed E-state index contributed by atoms with van der Waals surface area (Å²) in [5, 5.41) is 0. The van der Waals surface area contributed by atoms with E-state index in [4.69, 9.17) is 4.74 Å². The average Bonchev–Trinajstić information content (AvgIpc) is 2.92. The lowest BCUT2D eigenvalue weighted by Crippen LogP contribution is -1.99. The molecule has 0 saturated heterocycles. The maximum Gasteiger partial charge on any atom is 0.119 e. The van der Waals surface area contributed by atoms with Crippen LogP contribution in [-0.4, -0.2) is 11.7 Å². The van der Waals surface area contributed by atoms with Gasteiger partial charge in [0.2, 0.25) is 0 Å². The number of methoxy groups -OCH3 is 1. The first kappa shape index (κ1) is 13.7. The van der Waals surface area contributed by atoms with E-state index in [0.717, 1.165) is 12.2 Å². The van der Waals surface area contributed by atoms with Crippen LogP contribution in [0, 0.1) is 0 Å². The molecule has 0 atom stereocenters. The summed E-state index contributed by atoms with van der Waals surface area (Å²) < 4.78 is 7.47. The van der Waals surface area contributed by atoms with E-state index in [1.807, 2.05) is 12.1 Å². The van der Waals surface area contributed by atoms with Crippen molar-refractivity contribution >= 4 is 0 Å². The highest BCUT2D eigenvalue weighted by Gasteiger charge is 2.03. The zero-order chi connectivity index (χ0) is 13.5. The van der Waals surface area contributed by atoms with E-state index in [-0.39, 0.29) is 0 Å². The maximum atomic E-state index is 5.20. The molecule has 0 N–H and O–H groups in total. The molecule has 2 aromatic rings. The summed E-state index contributed by atoms with van der Waals surface area (Å²) in [6.07, 6.45) is 8.51. The second-order valence-electron chi connectivity index (χ2n) is 4.88. The highest BCUT2D eigenvalue weighted by molar-refractivity contribution is 5.39. The molecule has 0 aliphatic heterocycles. The van der Waals surface area contributed by atoms with E-state index < -0.39 is 0 Å². The van der Waals surface area contributed by atoms with Gasteiger partial charge >= 0.3 is 0 Å². The minimum Gasteiger partial charge on any atom is -0.497 e. The van der Waals surface area contributed by atoms with Gasteiger partial charge in [0.25, 0.3) is 0 Å². The molecular formula is C17H23NO. The molecule has 0 spiro atoms. The molecular weight excluding hydrogens is 234 g/mol. The molecule has 0 fully saturated rings. The number of hydrogen-bond donors (Lipinski definition) is 0. The average molecular weight is 257 g/mol. The number of rotatable bonds is 7. The Kier molecular flexibility index (Phi) is 5.08. The third kappa shape index (κ3) is 3.63. The number of benzene rings is 1. The molecule has 1 aromatic heterocycles. The fourth-order valence-corrected chi connectivity index (χ4v) is 2.35. The molecule has 1 aromatic carbocycles. The number of aromatic nitrogens is 1. The molecule has 2 nitrogen and oxygen atoms in total. The predicted octanol–water partition coefficient (Wildman–Crippen LogP) is 4.61. The van der Waals surface area contributed by atoms with Crippen LogP contribution in [0.25, 0.3) is 5.69 Å². The van der Waals surface area contributed by atoms with Crippen LogP contribution in [0.4, 0.5) is 0 Å². The van der Waals surface area contributed by atoms with Crippen LogP contribution in [-0.2, 0) is 6.42 Å². The van der Waals surface area contributed by atoms with Gasteiger partial charge in [-0.25, -0.2) is 0 Å². The minimum absolute atomic E-state index is 0.903. The third-order valence-electron chi connectivity index (χ3n) is 3.47. The van der Waals surface area contributed by atoms with Gasteiger partial charge in [-0.05, 0) is 49.2 Å². The van der Waals surface area contributed by atoms with E-state index in [2.05, 4.69) is 42.0 Å². The van der Waals surface area contributed by atoms with E-state index in [9.17, 15) is 0 Å². The molecule has 2 rings (SSSR count). The molecule has 0 unspecified atom stereocenters. The molecule has 0 radical (unpaired) electrons. The molecule has 0 aliphatic rings. The minimum atomic E-state index is 0.903. The normalized spacial score (nSPS) is 10.6. The molecule has 102 valence electrons. The number of nitrogens with zero attached hydrogens (tertiary/aromatic N) is 1. The van der Waals surface area contributed by atoms with Gasteiger partial charge in [-0.1, -0.05) is 26.2 Å². The van der Waals surface area contributed by atoms with Gasteiger partial charge in [0.1, 0.15) is 5.75 Å². The monoisotopic (exact) mass is 257 g/mol. The van der Waals surface area contributed by atoms with Crippen LogP contribution in [0.2, 0.25) is 0 Å². The quantitative estimate of drug-likeness (QED) is 0.661. The Hall–Kier alpha value is -1.70. The second kappa shape index (κ2) is 7.03. The summed E-state index contributed by atoms with van der Waals surface area (Å²) in [5.74, 6) is 0.903. The Morgan fingerprint density at radius 3 is 2.47 bits per heavy atom. The van der Waals surface area contributed by atoms with Gasteiger partial charge in [-0.15, -0.1) is 0 Å². The number of aryl methyl sites for hydroxylation is 1. The summed E-state index contributed by atoms with van der Waals surface area (Å²) in [6.45, 7) is 2.25. The Labute approximate surface area is 116 Å². The van der Waals surface area contributed by atoms with Crippen LogP contribution in [0.3, 0.4) is 0 Å². The fourth-order valence-electron chi connectivity index (χ4n) is 2.35. The zero-order valence-electron chi connectivity index (χ0n) is 11.9. The highest BCUT2D eigenvalue weighted by atomic mass is 16.5. The van der Waals surface area contributed by atoms with Gasteiger partial charge < -0.3 is 9.30 Å². The summed E-state index contributed by atoms with van der Waals surface area (Å²) in [7, 11) is 1.70. The summed E-state index contributed by atoms with van der Waals surface area (Å²) in [6, 6.07) is 12.6. The number of hydrogen-bond acceptors (Lipinski definition) is 1. The van der Waals surface area contributed by atoms with Gasteiger partial charge in [0.15, 0.2) is 0 Å². The highest BCUT2D eigenvalue weighted by Crippen LogP contribution is 2.18. The number of unbranched alkanes of at least 4 members (excludes halogenated alkanes) is 3. The topological polar surface area (TPSA) is 14.2 Å². The molecule has 1 heterocycles. The molecule has 19 heavy (non-hydrogen) atoms. The van der Waals surface area contributed by atoms with Crippen molar-refractivity contribution in [1.29, 1.82) is 0 Å². The molecule has 0 aliphatic carbocycles. The lowest BCUT2D eigenvalue weighted by molar-refractivity contribution is 0.414. The maximum absolute atomic E-state index is 5.20. The molecule has 0 bridgehead atoms. The summed E-state index contributed by atoms with van der Waals surface area (Å²) in [4.78, 5) is 0. The van der Waals surface area contributed by atoms with Crippen molar-refractivity contribution in [3.8, 4) is 11.4 Å². The number of ether oxygens (including phenoxy) is 1. The van der Waals surface area contributed by atoms with Gasteiger partial charge in [-0.2, -0.15) is 0 Å². The van der Waals surface area contributed by atoms with Gasteiger partial charge in [0, 0.05) is 17.6 Å². The van der Waals surface area contributed by atoms with Crippen molar-refractivity contribution in [2.45, 2.75) is 39.0 Å². The van der Waals surface area contributed by atoms with E-state index in [1.165, 1.54) is 37.1 Å². The van der Waals surface area contributed by atoms with Crippen molar-refractivity contribution in [2.24, 2.45) is 0 Å². The standard InChI is InChI=1S/C17H23NO/c1-3-4-5-6-8-15-9-7-14-18(15)16-10-12-17(19-2)13-11-16/h7,9-14H,3-6,8H2,1-2H3. The molecule has 0 amide bonds. The Morgan fingerprint density at radius 2 is 1.79 bits per heavy atom. The van der Waals surface area contributed by atoms with E-state index >= 15 is 0 Å². The Bertz CT molecular complexity index is 484. The Balaban J connectivity index is 2.05.